The van der Waals surface area contributed by atoms with Crippen LogP contribution < -0.4 is 10.1 Å². The molecule has 0 aliphatic rings. The minimum absolute atomic E-state index is 0.0410. The Morgan fingerprint density at radius 2 is 1.87 bits per heavy atom. The van der Waals surface area contributed by atoms with Crippen LogP contribution in [-0.4, -0.2) is 28.0 Å². The number of carbonyl (C=O) groups excluding carboxylic acids is 1. The van der Waals surface area contributed by atoms with Gasteiger partial charge in [0.2, 0.25) is 5.91 Å². The number of ether oxygens (including phenoxy) is 1. The van der Waals surface area contributed by atoms with E-state index in [-0.39, 0.29) is 41.4 Å². The first-order valence-electron chi connectivity index (χ1n) is 9.47. The van der Waals surface area contributed by atoms with E-state index in [2.05, 4.69) is 36.3 Å². The summed E-state index contributed by atoms with van der Waals surface area (Å²) in [6.07, 6.45) is 1.54. The average Bonchev–Trinajstić information content (AvgIpc) is 3.11. The molecule has 8 heteroatoms. The van der Waals surface area contributed by atoms with Gasteiger partial charge in [-0.3, -0.25) is 4.79 Å². The number of amides is 1. The van der Waals surface area contributed by atoms with Gasteiger partial charge in [-0.2, -0.15) is 9.90 Å². The molecule has 0 unspecified atom stereocenters. The Morgan fingerprint density at radius 1 is 1.17 bits per heavy atom. The van der Waals surface area contributed by atoms with Crippen molar-refractivity contribution >= 4 is 11.7 Å². The molecule has 1 amide bonds. The first-order chi connectivity index (χ1) is 14.2. The molecule has 0 saturated carbocycles. The molecule has 0 spiro atoms. The maximum absolute atomic E-state index is 14.0. The maximum atomic E-state index is 14.0. The number of aromatic nitrogens is 3. The van der Waals surface area contributed by atoms with Crippen LogP contribution in [0.4, 0.5) is 14.6 Å². The number of benzene rings is 2. The maximum Gasteiger partial charge on any atom is 0.230 e. The summed E-state index contributed by atoms with van der Waals surface area (Å²) in [6.45, 7) is 6.28. The number of hydrogen-bond donors (Lipinski definition) is 1. The standard InChI is InChI=1S/C22H24F2N4O2/c1-22(2,3)16-7-5-14(6-8-16)9-20(29)26-19-12-25-28(27-19)13-15-10-17(30-4)11-18(23)21(15)24/h5-8,10-12H,9,13H2,1-4H3,(H,26,27,29). The van der Waals surface area contributed by atoms with Crippen molar-refractivity contribution < 1.29 is 18.3 Å². The molecular weight excluding hydrogens is 390 g/mol. The highest BCUT2D eigenvalue weighted by molar-refractivity contribution is 5.91. The largest absolute Gasteiger partial charge is 0.497 e. The van der Waals surface area contributed by atoms with E-state index in [1.54, 1.807) is 0 Å². The Hall–Kier alpha value is -3.29. The van der Waals surface area contributed by atoms with Gasteiger partial charge in [-0.15, -0.1) is 5.10 Å². The van der Waals surface area contributed by atoms with Crippen LogP contribution in [0.1, 0.15) is 37.5 Å². The van der Waals surface area contributed by atoms with E-state index in [4.69, 9.17) is 4.74 Å². The van der Waals surface area contributed by atoms with Crippen molar-refractivity contribution in [2.24, 2.45) is 0 Å². The van der Waals surface area contributed by atoms with Crippen molar-refractivity contribution in [3.8, 4) is 5.75 Å². The fourth-order valence-electron chi connectivity index (χ4n) is 2.93. The zero-order chi connectivity index (χ0) is 21.9. The summed E-state index contributed by atoms with van der Waals surface area (Å²) in [5, 5.41) is 10.8. The molecule has 1 N–H and O–H groups in total. The first kappa shape index (κ1) is 21.4. The lowest BCUT2D eigenvalue weighted by Gasteiger charge is -2.19. The lowest BCUT2D eigenvalue weighted by molar-refractivity contribution is -0.115. The lowest BCUT2D eigenvalue weighted by atomic mass is 9.86. The van der Waals surface area contributed by atoms with Gasteiger partial charge in [0.15, 0.2) is 17.5 Å². The molecule has 0 aliphatic heterocycles. The molecule has 3 aromatic rings. The second-order valence-electron chi connectivity index (χ2n) is 8.01. The van der Waals surface area contributed by atoms with Crippen LogP contribution in [0.5, 0.6) is 5.75 Å². The molecule has 30 heavy (non-hydrogen) atoms. The molecule has 0 aliphatic carbocycles. The number of methoxy groups -OCH3 is 1. The SMILES string of the molecule is COc1cc(F)c(F)c(Cn2ncc(NC(=O)Cc3ccc(C(C)(C)C)cc3)n2)c1. The highest BCUT2D eigenvalue weighted by atomic mass is 19.2. The summed E-state index contributed by atoms with van der Waals surface area (Å²) in [7, 11) is 1.37. The molecule has 0 radical (unpaired) electrons. The van der Waals surface area contributed by atoms with E-state index in [9.17, 15) is 13.6 Å². The molecule has 1 heterocycles. The third-order valence-corrected chi connectivity index (χ3v) is 4.61. The zero-order valence-electron chi connectivity index (χ0n) is 17.4. The molecule has 3 rings (SSSR count). The number of anilines is 1. The van der Waals surface area contributed by atoms with Crippen LogP contribution in [0.3, 0.4) is 0 Å². The van der Waals surface area contributed by atoms with Gasteiger partial charge in [-0.05, 0) is 22.6 Å². The minimum Gasteiger partial charge on any atom is -0.497 e. The Morgan fingerprint density at radius 3 is 2.50 bits per heavy atom. The molecule has 0 saturated heterocycles. The monoisotopic (exact) mass is 414 g/mol. The van der Waals surface area contributed by atoms with Gasteiger partial charge in [0, 0.05) is 11.6 Å². The summed E-state index contributed by atoms with van der Waals surface area (Å²) < 4.78 is 32.6. The fourth-order valence-corrected chi connectivity index (χ4v) is 2.93. The molecule has 158 valence electrons. The third kappa shape index (κ3) is 5.20. The van der Waals surface area contributed by atoms with Crippen molar-refractivity contribution in [2.75, 3.05) is 12.4 Å². The van der Waals surface area contributed by atoms with Gasteiger partial charge in [-0.1, -0.05) is 45.0 Å². The van der Waals surface area contributed by atoms with E-state index >= 15 is 0 Å². The van der Waals surface area contributed by atoms with Gasteiger partial charge in [0.1, 0.15) is 5.75 Å². The van der Waals surface area contributed by atoms with Crippen molar-refractivity contribution in [3.05, 3.63) is 70.9 Å². The van der Waals surface area contributed by atoms with Gasteiger partial charge in [0.25, 0.3) is 0 Å². The second-order valence-corrected chi connectivity index (χ2v) is 8.01. The highest BCUT2D eigenvalue weighted by Crippen LogP contribution is 2.23. The Bertz CT molecular complexity index is 1040. The summed E-state index contributed by atoms with van der Waals surface area (Å²) in [4.78, 5) is 13.5. The molecule has 0 bridgehead atoms. The van der Waals surface area contributed by atoms with Gasteiger partial charge >= 0.3 is 0 Å². The van der Waals surface area contributed by atoms with Gasteiger partial charge < -0.3 is 10.1 Å². The topological polar surface area (TPSA) is 69.0 Å². The van der Waals surface area contributed by atoms with Crippen molar-refractivity contribution in [3.63, 3.8) is 0 Å². The lowest BCUT2D eigenvalue weighted by Crippen LogP contribution is -2.16. The predicted octanol–water partition coefficient (Wildman–Crippen LogP) is 4.09. The predicted molar refractivity (Wildman–Crippen MR) is 110 cm³/mol. The van der Waals surface area contributed by atoms with Crippen LogP contribution in [0.2, 0.25) is 0 Å². The summed E-state index contributed by atoms with van der Waals surface area (Å²) >= 11 is 0. The third-order valence-electron chi connectivity index (χ3n) is 4.61. The number of hydrogen-bond acceptors (Lipinski definition) is 4. The summed E-state index contributed by atoms with van der Waals surface area (Å²) in [6, 6.07) is 10.2. The van der Waals surface area contributed by atoms with Gasteiger partial charge in [0.05, 0.1) is 26.3 Å². The normalized spacial score (nSPS) is 11.4. The number of nitrogens with one attached hydrogen (secondary N) is 1. The van der Waals surface area contributed by atoms with Gasteiger partial charge in [-0.25, -0.2) is 8.78 Å². The van der Waals surface area contributed by atoms with Crippen LogP contribution in [0.25, 0.3) is 0 Å². The Kier molecular flexibility index (Phi) is 6.14. The van der Waals surface area contributed by atoms with E-state index in [1.807, 2.05) is 24.3 Å². The molecule has 1 aromatic heterocycles. The van der Waals surface area contributed by atoms with Crippen LogP contribution in [0.15, 0.2) is 42.6 Å². The van der Waals surface area contributed by atoms with E-state index in [1.165, 1.54) is 29.7 Å². The molecule has 0 atom stereocenters. The zero-order valence-corrected chi connectivity index (χ0v) is 17.4. The van der Waals surface area contributed by atoms with Crippen molar-refractivity contribution in [1.29, 1.82) is 0 Å². The first-order valence-corrected chi connectivity index (χ1v) is 9.47. The van der Waals surface area contributed by atoms with Crippen molar-refractivity contribution in [1.82, 2.24) is 15.0 Å². The minimum atomic E-state index is -1.01. The van der Waals surface area contributed by atoms with Crippen LogP contribution in [-0.2, 0) is 23.2 Å². The molecule has 2 aromatic carbocycles. The number of nitrogens with zero attached hydrogens (tertiary/aromatic N) is 3. The van der Waals surface area contributed by atoms with Crippen molar-refractivity contribution in [2.45, 2.75) is 39.2 Å². The molecular formula is C22H24F2N4O2. The highest BCUT2D eigenvalue weighted by Gasteiger charge is 2.15. The van der Waals surface area contributed by atoms with E-state index in [0.717, 1.165) is 11.6 Å². The number of rotatable bonds is 6. The average molecular weight is 414 g/mol. The fraction of sp³-hybridized carbons (Fsp3) is 0.318. The Balaban J connectivity index is 1.63. The second kappa shape index (κ2) is 8.61. The van der Waals surface area contributed by atoms with E-state index in [0.29, 0.717) is 0 Å². The number of halogens is 2. The molecule has 6 nitrogen and oxygen atoms in total. The van der Waals surface area contributed by atoms with Crippen LogP contribution in [0, 0.1) is 11.6 Å². The Labute approximate surface area is 173 Å². The van der Waals surface area contributed by atoms with Crippen LogP contribution >= 0.6 is 0 Å². The molecule has 0 fully saturated rings. The summed E-state index contributed by atoms with van der Waals surface area (Å²) in [5.41, 5.74) is 2.15. The number of carbonyl (C=O) groups is 1. The van der Waals surface area contributed by atoms with E-state index < -0.39 is 11.6 Å². The summed E-state index contributed by atoms with van der Waals surface area (Å²) in [5.74, 6) is -1.82. The quantitative estimate of drug-likeness (QED) is 0.660. The smallest absolute Gasteiger partial charge is 0.230 e.